The molecule has 10 aromatic rings. The lowest BCUT2D eigenvalue weighted by molar-refractivity contribution is 1.31. The summed E-state index contributed by atoms with van der Waals surface area (Å²) in [5.74, 6) is 0. The molecule has 0 fully saturated rings. The minimum atomic E-state index is 0.950. The van der Waals surface area contributed by atoms with Gasteiger partial charge < -0.3 is 0 Å². The lowest BCUT2D eigenvalue weighted by Crippen LogP contribution is -1.89. The Morgan fingerprint density at radius 3 is 1.95 bits per heavy atom. The van der Waals surface area contributed by atoms with Crippen LogP contribution in [-0.4, -0.2) is 9.97 Å². The molecule has 8 aromatic carbocycles. The summed E-state index contributed by atoms with van der Waals surface area (Å²) in [4.78, 5) is 9.41. The maximum Gasteiger partial charge on any atom is 0.0971 e. The summed E-state index contributed by atoms with van der Waals surface area (Å²) in [6.45, 7) is 0. The molecule has 2 nitrogen and oxygen atoms in total. The predicted molar refractivity (Wildman–Crippen MR) is 185 cm³/mol. The fourth-order valence-corrected chi connectivity index (χ4v) is 8.26. The number of thiophene rings is 1. The minimum absolute atomic E-state index is 0.950. The van der Waals surface area contributed by atoms with E-state index in [0.717, 1.165) is 21.8 Å². The first-order valence-corrected chi connectivity index (χ1v) is 15.4. The molecule has 0 bridgehead atoms. The number of fused-ring (bicyclic) bond motifs is 7. The summed E-state index contributed by atoms with van der Waals surface area (Å²) in [5.41, 5.74) is 6.85. The third-order valence-electron chi connectivity index (χ3n) is 9.10. The second-order valence-corrected chi connectivity index (χ2v) is 12.5. The number of rotatable bonds is 2. The van der Waals surface area contributed by atoms with Crippen molar-refractivity contribution >= 4 is 85.6 Å². The quantitative estimate of drug-likeness (QED) is 0.196. The molecular weight excluding hydrogens is 541 g/mol. The molecule has 2 aromatic heterocycles. The normalized spacial score (nSPS) is 12.2. The summed E-state index contributed by atoms with van der Waals surface area (Å²) in [5, 5.41) is 12.6. The van der Waals surface area contributed by atoms with Crippen molar-refractivity contribution in [1.82, 2.24) is 9.97 Å². The Morgan fingerprint density at radius 2 is 1.07 bits per heavy atom. The molecule has 3 heteroatoms. The Balaban J connectivity index is 1.16. The summed E-state index contributed by atoms with van der Waals surface area (Å²) < 4.78 is 2.72. The van der Waals surface area contributed by atoms with Crippen molar-refractivity contribution in [1.29, 1.82) is 0 Å². The first kappa shape index (κ1) is 23.2. The number of benzene rings is 8. The lowest BCUT2D eigenvalue weighted by atomic mass is 9.92. The third kappa shape index (κ3) is 3.28. The van der Waals surface area contributed by atoms with Gasteiger partial charge >= 0.3 is 0 Å². The van der Waals surface area contributed by atoms with E-state index in [1.54, 1.807) is 12.4 Å². The Morgan fingerprint density at radius 1 is 0.395 bits per heavy atom. The van der Waals surface area contributed by atoms with Crippen LogP contribution >= 0.6 is 11.3 Å². The standard InChI is InChI=1S/C40H22N2S/c1-2-6-32-30(5-1)34-22-26(13-15-33(34)40-39(32)41-18-19-42-40)25-10-8-23-9-11-27(21-28(23)20-25)29-16-17-36-38-31(29)14-12-24-4-3-7-35(43-36)37(24)38/h1-22H. The molecule has 43 heavy (non-hydrogen) atoms. The largest absolute Gasteiger partial charge is 0.252 e. The highest BCUT2D eigenvalue weighted by atomic mass is 32.1. The van der Waals surface area contributed by atoms with Gasteiger partial charge in [0.15, 0.2) is 0 Å². The highest BCUT2D eigenvalue weighted by Crippen LogP contribution is 2.44. The molecule has 0 amide bonds. The van der Waals surface area contributed by atoms with Crippen molar-refractivity contribution < 1.29 is 0 Å². The summed E-state index contributed by atoms with van der Waals surface area (Å²) >= 11 is 1.89. The molecule has 198 valence electrons. The SMILES string of the molecule is c1cc2ccc3c(-c4ccc5ccc(-c6ccc7c(c6)c6ccccc6c6nccnc76)cc5c4)ccc4sc(c1)c2c43. The van der Waals surface area contributed by atoms with Crippen LogP contribution in [-0.2, 0) is 0 Å². The van der Waals surface area contributed by atoms with E-state index in [-0.39, 0.29) is 0 Å². The van der Waals surface area contributed by atoms with Crippen LogP contribution in [0.3, 0.4) is 0 Å². The Hall–Kier alpha value is -5.38. The number of nitrogens with zero attached hydrogens (tertiary/aromatic N) is 2. The van der Waals surface area contributed by atoms with Crippen LogP contribution in [0.2, 0.25) is 0 Å². The van der Waals surface area contributed by atoms with E-state index in [4.69, 9.17) is 4.98 Å². The molecule has 0 aliphatic carbocycles. The fourth-order valence-electron chi connectivity index (χ4n) is 7.10. The molecule has 0 unspecified atom stereocenters. The first-order valence-electron chi connectivity index (χ1n) is 14.6. The van der Waals surface area contributed by atoms with Gasteiger partial charge in [-0.3, -0.25) is 9.97 Å². The van der Waals surface area contributed by atoms with Crippen LogP contribution in [0.1, 0.15) is 0 Å². The minimum Gasteiger partial charge on any atom is -0.252 e. The Kier molecular flexibility index (Phi) is 4.63. The van der Waals surface area contributed by atoms with Gasteiger partial charge in [0.1, 0.15) is 0 Å². The molecule has 0 saturated carbocycles. The van der Waals surface area contributed by atoms with Crippen LogP contribution in [0.5, 0.6) is 0 Å². The first-order chi connectivity index (χ1) is 21.3. The lowest BCUT2D eigenvalue weighted by Gasteiger charge is -2.12. The van der Waals surface area contributed by atoms with Crippen molar-refractivity contribution in [2.45, 2.75) is 0 Å². The molecule has 0 atom stereocenters. The summed E-state index contributed by atoms with van der Waals surface area (Å²) in [7, 11) is 0. The van der Waals surface area contributed by atoms with E-state index in [2.05, 4.69) is 126 Å². The van der Waals surface area contributed by atoms with Crippen LogP contribution in [0.15, 0.2) is 134 Å². The topological polar surface area (TPSA) is 25.8 Å². The highest BCUT2D eigenvalue weighted by Gasteiger charge is 2.15. The van der Waals surface area contributed by atoms with Gasteiger partial charge in [-0.05, 0) is 84.9 Å². The van der Waals surface area contributed by atoms with E-state index in [9.17, 15) is 0 Å². The molecule has 0 N–H and O–H groups in total. The van der Waals surface area contributed by atoms with Crippen molar-refractivity contribution in [2.24, 2.45) is 0 Å². The zero-order chi connectivity index (χ0) is 28.1. The highest BCUT2D eigenvalue weighted by molar-refractivity contribution is 7.26. The molecule has 10 rings (SSSR count). The number of hydrogen-bond acceptors (Lipinski definition) is 3. The van der Waals surface area contributed by atoms with Crippen molar-refractivity contribution in [3.8, 4) is 22.3 Å². The van der Waals surface area contributed by atoms with E-state index >= 15 is 0 Å². The van der Waals surface area contributed by atoms with Gasteiger partial charge in [0.2, 0.25) is 0 Å². The van der Waals surface area contributed by atoms with Gasteiger partial charge in [0.25, 0.3) is 0 Å². The molecule has 0 saturated heterocycles. The van der Waals surface area contributed by atoms with E-state index in [0.29, 0.717) is 0 Å². The molecular formula is C40H22N2S. The Bertz CT molecular complexity index is 2700. The van der Waals surface area contributed by atoms with Crippen molar-refractivity contribution in [3.63, 3.8) is 0 Å². The van der Waals surface area contributed by atoms with Gasteiger partial charge in [-0.1, -0.05) is 91.0 Å². The fraction of sp³-hybridized carbons (Fsp3) is 0. The molecule has 0 aliphatic heterocycles. The predicted octanol–water partition coefficient (Wildman–Crippen LogP) is 11.4. The zero-order valence-electron chi connectivity index (χ0n) is 23.0. The van der Waals surface area contributed by atoms with E-state index in [1.165, 1.54) is 74.7 Å². The second kappa shape index (κ2) is 8.57. The van der Waals surface area contributed by atoms with E-state index in [1.807, 2.05) is 11.3 Å². The molecule has 0 radical (unpaired) electrons. The number of hydrogen-bond donors (Lipinski definition) is 0. The van der Waals surface area contributed by atoms with Crippen molar-refractivity contribution in [3.05, 3.63) is 134 Å². The third-order valence-corrected chi connectivity index (χ3v) is 10.2. The van der Waals surface area contributed by atoms with Gasteiger partial charge in [-0.2, -0.15) is 0 Å². The average Bonchev–Trinajstić information content (AvgIpc) is 3.46. The molecule has 0 spiro atoms. The summed E-state index contributed by atoms with van der Waals surface area (Å²) in [6.07, 6.45) is 3.56. The van der Waals surface area contributed by atoms with Crippen LogP contribution < -0.4 is 0 Å². The smallest absolute Gasteiger partial charge is 0.0971 e. The molecule has 2 heterocycles. The average molecular weight is 563 g/mol. The van der Waals surface area contributed by atoms with Crippen molar-refractivity contribution in [2.75, 3.05) is 0 Å². The maximum atomic E-state index is 4.72. The molecule has 0 aliphatic rings. The van der Waals surface area contributed by atoms with Crippen LogP contribution in [0.4, 0.5) is 0 Å². The second-order valence-electron chi connectivity index (χ2n) is 11.4. The van der Waals surface area contributed by atoms with Crippen LogP contribution in [0, 0.1) is 0 Å². The Labute approximate surface area is 250 Å². The maximum absolute atomic E-state index is 4.72. The van der Waals surface area contributed by atoms with E-state index < -0.39 is 0 Å². The summed E-state index contributed by atoms with van der Waals surface area (Å²) in [6, 6.07) is 44.8. The zero-order valence-corrected chi connectivity index (χ0v) is 23.8. The monoisotopic (exact) mass is 562 g/mol. The van der Waals surface area contributed by atoms with Crippen LogP contribution in [0.25, 0.3) is 96.5 Å². The van der Waals surface area contributed by atoms with Gasteiger partial charge in [0.05, 0.1) is 11.0 Å². The van der Waals surface area contributed by atoms with Gasteiger partial charge in [-0.15, -0.1) is 11.3 Å². The van der Waals surface area contributed by atoms with Gasteiger partial charge in [-0.25, -0.2) is 0 Å². The van der Waals surface area contributed by atoms with Gasteiger partial charge in [0, 0.05) is 43.3 Å². The number of aromatic nitrogens is 2.